The lowest BCUT2D eigenvalue weighted by molar-refractivity contribution is 0.407. The van der Waals surface area contributed by atoms with Crippen LogP contribution in [0.4, 0.5) is 5.69 Å². The third kappa shape index (κ3) is 7.51. The molecule has 0 aliphatic heterocycles. The largest absolute Gasteiger partial charge is 0.457 e. The van der Waals surface area contributed by atoms with Crippen molar-refractivity contribution in [1.29, 1.82) is 0 Å². The molecule has 0 unspecified atom stereocenters. The van der Waals surface area contributed by atoms with Gasteiger partial charge in [0.25, 0.3) is 0 Å². The lowest BCUT2D eigenvalue weighted by Gasteiger charge is -2.27. The Morgan fingerprint density at radius 3 is 2.30 bits per heavy atom. The second kappa shape index (κ2) is 12.1. The predicted molar refractivity (Wildman–Crippen MR) is 144 cm³/mol. The van der Waals surface area contributed by atoms with Gasteiger partial charge in [0.15, 0.2) is 0 Å². The summed E-state index contributed by atoms with van der Waals surface area (Å²) >= 11 is 6.09. The van der Waals surface area contributed by atoms with E-state index in [1.165, 1.54) is 5.56 Å². The molecular formula is C26H28Cl3N3O. The molecule has 33 heavy (non-hydrogen) atoms. The third-order valence-corrected chi connectivity index (χ3v) is 5.33. The number of rotatable bonds is 8. The Morgan fingerprint density at radius 1 is 0.879 bits per heavy atom. The van der Waals surface area contributed by atoms with E-state index >= 15 is 0 Å². The minimum Gasteiger partial charge on any atom is -0.457 e. The van der Waals surface area contributed by atoms with Gasteiger partial charge >= 0.3 is 0 Å². The fraction of sp³-hybridized carbons (Fsp3) is 0.192. The number of fused-ring (bicyclic) bond motifs is 1. The van der Waals surface area contributed by atoms with Crippen LogP contribution in [-0.4, -0.2) is 17.1 Å². The molecule has 0 aliphatic rings. The molecule has 0 bridgehead atoms. The van der Waals surface area contributed by atoms with Gasteiger partial charge in [-0.25, -0.2) is 0 Å². The van der Waals surface area contributed by atoms with Crippen molar-refractivity contribution in [1.82, 2.24) is 10.3 Å². The zero-order valence-corrected chi connectivity index (χ0v) is 20.9. The van der Waals surface area contributed by atoms with Crippen LogP contribution in [0.25, 0.3) is 10.9 Å². The van der Waals surface area contributed by atoms with Crippen LogP contribution in [0.15, 0.2) is 85.1 Å². The second-order valence-corrected chi connectivity index (χ2v) is 8.61. The van der Waals surface area contributed by atoms with Crippen molar-refractivity contribution in [3.05, 3.63) is 95.6 Å². The van der Waals surface area contributed by atoms with Gasteiger partial charge < -0.3 is 15.4 Å². The standard InChI is InChI=1S/C26H26ClN3O.2ClH/c1-26(2,18-29-24-14-15-28-25-16-20(27)10-13-23(24)25)30-17-19-8-11-22(12-9-19)31-21-6-4-3-5-7-21;;/h3-16,30H,17-18H2,1-2H3,(H,28,29);2*1H. The molecule has 174 valence electrons. The molecule has 0 radical (unpaired) electrons. The Balaban J connectivity index is 0.00000193. The number of benzene rings is 3. The molecule has 0 atom stereocenters. The molecule has 4 rings (SSSR count). The van der Waals surface area contributed by atoms with Gasteiger partial charge in [-0.15, -0.1) is 24.8 Å². The van der Waals surface area contributed by atoms with E-state index in [0.717, 1.165) is 41.2 Å². The molecule has 4 aromatic rings. The van der Waals surface area contributed by atoms with E-state index in [1.807, 2.05) is 66.7 Å². The maximum absolute atomic E-state index is 6.09. The van der Waals surface area contributed by atoms with E-state index in [2.05, 4.69) is 41.6 Å². The maximum Gasteiger partial charge on any atom is 0.127 e. The zero-order chi connectivity index (χ0) is 21.7. The highest BCUT2D eigenvalue weighted by Gasteiger charge is 2.17. The quantitative estimate of drug-likeness (QED) is 0.261. The molecule has 3 aromatic carbocycles. The molecule has 0 aliphatic carbocycles. The predicted octanol–water partition coefficient (Wildman–Crippen LogP) is 7.50. The van der Waals surface area contributed by atoms with E-state index in [4.69, 9.17) is 16.3 Å². The minimum absolute atomic E-state index is 0. The van der Waals surface area contributed by atoms with Gasteiger partial charge in [-0.3, -0.25) is 4.98 Å². The van der Waals surface area contributed by atoms with E-state index in [-0.39, 0.29) is 30.4 Å². The van der Waals surface area contributed by atoms with Crippen LogP contribution in [0.3, 0.4) is 0 Å². The van der Waals surface area contributed by atoms with Crippen molar-refractivity contribution in [2.75, 3.05) is 11.9 Å². The van der Waals surface area contributed by atoms with Crippen LogP contribution in [0.2, 0.25) is 5.02 Å². The van der Waals surface area contributed by atoms with Crippen LogP contribution in [0.5, 0.6) is 11.5 Å². The fourth-order valence-corrected chi connectivity index (χ4v) is 3.46. The summed E-state index contributed by atoms with van der Waals surface area (Å²) in [6.45, 7) is 5.91. The van der Waals surface area contributed by atoms with Crippen LogP contribution in [0.1, 0.15) is 19.4 Å². The Labute approximate surface area is 212 Å². The Hall–Kier alpha value is -2.50. The summed E-state index contributed by atoms with van der Waals surface area (Å²) in [5.74, 6) is 1.67. The monoisotopic (exact) mass is 503 g/mol. The molecule has 0 amide bonds. The van der Waals surface area contributed by atoms with Gasteiger partial charge in [0.05, 0.1) is 5.52 Å². The first-order valence-corrected chi connectivity index (χ1v) is 10.7. The summed E-state index contributed by atoms with van der Waals surface area (Å²) < 4.78 is 5.87. The summed E-state index contributed by atoms with van der Waals surface area (Å²) in [7, 11) is 0. The average Bonchev–Trinajstić information content (AvgIpc) is 2.78. The second-order valence-electron chi connectivity index (χ2n) is 8.17. The highest BCUT2D eigenvalue weighted by Crippen LogP contribution is 2.25. The van der Waals surface area contributed by atoms with Crippen LogP contribution in [0, 0.1) is 0 Å². The number of halogens is 3. The van der Waals surface area contributed by atoms with E-state index < -0.39 is 0 Å². The highest BCUT2D eigenvalue weighted by molar-refractivity contribution is 6.31. The van der Waals surface area contributed by atoms with Crippen molar-refractivity contribution >= 4 is 53.0 Å². The molecule has 0 saturated heterocycles. The number of hydrogen-bond donors (Lipinski definition) is 2. The molecular weight excluding hydrogens is 477 g/mol. The summed E-state index contributed by atoms with van der Waals surface area (Å²) in [5, 5.41) is 8.95. The molecule has 1 heterocycles. The number of ether oxygens (including phenoxy) is 1. The number of aromatic nitrogens is 1. The first kappa shape index (κ1) is 26.7. The van der Waals surface area contributed by atoms with Gasteiger partial charge in [-0.1, -0.05) is 41.9 Å². The third-order valence-electron chi connectivity index (χ3n) is 5.10. The average molecular weight is 505 g/mol. The highest BCUT2D eigenvalue weighted by atomic mass is 35.5. The Kier molecular flexibility index (Phi) is 9.81. The van der Waals surface area contributed by atoms with Gasteiger partial charge in [0.1, 0.15) is 11.5 Å². The zero-order valence-electron chi connectivity index (χ0n) is 18.5. The van der Waals surface area contributed by atoms with E-state index in [0.29, 0.717) is 5.02 Å². The van der Waals surface area contributed by atoms with Gasteiger partial charge in [0, 0.05) is 40.9 Å². The Bertz CT molecular complexity index is 1150. The van der Waals surface area contributed by atoms with Crippen molar-refractivity contribution in [2.24, 2.45) is 0 Å². The first-order chi connectivity index (χ1) is 15.0. The summed E-state index contributed by atoms with van der Waals surface area (Å²) in [6, 6.07) is 25.8. The van der Waals surface area contributed by atoms with Crippen molar-refractivity contribution in [3.8, 4) is 11.5 Å². The topological polar surface area (TPSA) is 46.2 Å². The lowest BCUT2D eigenvalue weighted by Crippen LogP contribution is -2.44. The molecule has 0 saturated carbocycles. The van der Waals surface area contributed by atoms with E-state index in [1.54, 1.807) is 6.20 Å². The van der Waals surface area contributed by atoms with Gasteiger partial charge in [0.2, 0.25) is 0 Å². The van der Waals surface area contributed by atoms with Crippen LogP contribution < -0.4 is 15.4 Å². The smallest absolute Gasteiger partial charge is 0.127 e. The number of hydrogen-bond acceptors (Lipinski definition) is 4. The molecule has 0 spiro atoms. The van der Waals surface area contributed by atoms with Gasteiger partial charge in [-0.05, 0) is 67.9 Å². The number of pyridine rings is 1. The van der Waals surface area contributed by atoms with Crippen LogP contribution >= 0.6 is 36.4 Å². The minimum atomic E-state index is -0.110. The molecule has 0 fully saturated rings. The molecule has 1 aromatic heterocycles. The first-order valence-electron chi connectivity index (χ1n) is 10.3. The van der Waals surface area contributed by atoms with Crippen LogP contribution in [-0.2, 0) is 6.54 Å². The number of para-hydroxylation sites is 1. The normalized spacial score (nSPS) is 10.8. The van der Waals surface area contributed by atoms with E-state index in [9.17, 15) is 0 Å². The Morgan fingerprint density at radius 2 is 1.58 bits per heavy atom. The maximum atomic E-state index is 6.09. The fourth-order valence-electron chi connectivity index (χ4n) is 3.30. The molecule has 7 heteroatoms. The molecule has 4 nitrogen and oxygen atoms in total. The summed E-state index contributed by atoms with van der Waals surface area (Å²) in [6.07, 6.45) is 1.81. The summed E-state index contributed by atoms with van der Waals surface area (Å²) in [4.78, 5) is 4.41. The number of nitrogens with zero attached hydrogens (tertiary/aromatic N) is 1. The van der Waals surface area contributed by atoms with Gasteiger partial charge in [-0.2, -0.15) is 0 Å². The lowest BCUT2D eigenvalue weighted by atomic mass is 10.0. The number of nitrogens with one attached hydrogen (secondary N) is 2. The van der Waals surface area contributed by atoms with Crippen molar-refractivity contribution in [2.45, 2.75) is 25.9 Å². The van der Waals surface area contributed by atoms with Crippen molar-refractivity contribution in [3.63, 3.8) is 0 Å². The molecule has 2 N–H and O–H groups in total. The summed E-state index contributed by atoms with van der Waals surface area (Å²) in [5.41, 5.74) is 3.04. The SMILES string of the molecule is CC(C)(CNc1ccnc2cc(Cl)ccc12)NCc1ccc(Oc2ccccc2)cc1.Cl.Cl. The number of anilines is 1. The van der Waals surface area contributed by atoms with Crippen molar-refractivity contribution < 1.29 is 4.74 Å².